The molecule has 1 atom stereocenters. The van der Waals surface area contributed by atoms with Crippen LogP contribution >= 0.6 is 0 Å². The first-order chi connectivity index (χ1) is 15.5. The summed E-state index contributed by atoms with van der Waals surface area (Å²) < 4.78 is 11.3. The van der Waals surface area contributed by atoms with Crippen LogP contribution in [0.4, 0.5) is 0 Å². The van der Waals surface area contributed by atoms with Gasteiger partial charge in [0.25, 0.3) is 5.91 Å². The van der Waals surface area contributed by atoms with Crippen molar-refractivity contribution >= 4 is 16.9 Å². The summed E-state index contributed by atoms with van der Waals surface area (Å²) in [7, 11) is 1.56. The van der Waals surface area contributed by atoms with E-state index in [0.29, 0.717) is 28.8 Å². The van der Waals surface area contributed by atoms with Crippen molar-refractivity contribution in [2.24, 2.45) is 0 Å². The Balaban J connectivity index is 1.80. The van der Waals surface area contributed by atoms with E-state index in [4.69, 9.17) is 9.15 Å². The second-order valence-electron chi connectivity index (χ2n) is 8.23. The van der Waals surface area contributed by atoms with E-state index < -0.39 is 6.04 Å². The molecule has 0 saturated heterocycles. The molecule has 2 aromatic carbocycles. The Hall–Kier alpha value is -3.12. The standard InChI is InChI=1S/C26H30N2O4/c1-5-27(6-2)14-7-15-28-23(18-10-8-17(3)9-11-18)22-24(29)20-13-12-19(31-4)16-21(20)32-25(22)26(28)30/h8-13,16,23H,5-7,14-15H2,1-4H3. The number of fused-ring (bicyclic) bond motifs is 2. The van der Waals surface area contributed by atoms with E-state index in [1.165, 1.54) is 0 Å². The largest absolute Gasteiger partial charge is 0.497 e. The summed E-state index contributed by atoms with van der Waals surface area (Å²) in [4.78, 5) is 31.1. The van der Waals surface area contributed by atoms with E-state index in [9.17, 15) is 9.59 Å². The number of carbonyl (C=O) groups excluding carboxylic acids is 1. The molecule has 0 N–H and O–H groups in total. The Morgan fingerprint density at radius 3 is 2.44 bits per heavy atom. The van der Waals surface area contributed by atoms with E-state index in [2.05, 4.69) is 18.7 Å². The van der Waals surface area contributed by atoms with Crippen LogP contribution in [0.15, 0.2) is 51.7 Å². The van der Waals surface area contributed by atoms with Crippen molar-refractivity contribution in [2.75, 3.05) is 33.3 Å². The van der Waals surface area contributed by atoms with Gasteiger partial charge in [0.05, 0.1) is 24.1 Å². The molecule has 6 nitrogen and oxygen atoms in total. The summed E-state index contributed by atoms with van der Waals surface area (Å²) in [6.07, 6.45) is 0.825. The lowest BCUT2D eigenvalue weighted by atomic mass is 9.97. The van der Waals surface area contributed by atoms with Gasteiger partial charge in [-0.2, -0.15) is 0 Å². The van der Waals surface area contributed by atoms with E-state index in [1.807, 2.05) is 31.2 Å². The van der Waals surface area contributed by atoms with Gasteiger partial charge in [-0.1, -0.05) is 43.7 Å². The van der Waals surface area contributed by atoms with Crippen LogP contribution in [-0.4, -0.2) is 49.0 Å². The first-order valence-corrected chi connectivity index (χ1v) is 11.2. The molecule has 2 heterocycles. The molecule has 1 amide bonds. The minimum Gasteiger partial charge on any atom is -0.497 e. The van der Waals surface area contributed by atoms with Gasteiger partial charge >= 0.3 is 0 Å². The van der Waals surface area contributed by atoms with Crippen molar-refractivity contribution in [3.63, 3.8) is 0 Å². The Labute approximate surface area is 188 Å². The molecule has 168 valence electrons. The first kappa shape index (κ1) is 22.1. The molecule has 1 aromatic heterocycles. The average Bonchev–Trinajstić information content (AvgIpc) is 3.09. The van der Waals surface area contributed by atoms with Gasteiger partial charge in [0, 0.05) is 12.6 Å². The number of benzene rings is 2. The number of rotatable bonds is 8. The van der Waals surface area contributed by atoms with Gasteiger partial charge in [0.15, 0.2) is 5.43 Å². The summed E-state index contributed by atoms with van der Waals surface area (Å²) in [6, 6.07) is 12.7. The van der Waals surface area contributed by atoms with Crippen molar-refractivity contribution in [3.05, 3.63) is 75.1 Å². The lowest BCUT2D eigenvalue weighted by molar-refractivity contribution is 0.0720. The van der Waals surface area contributed by atoms with Crippen molar-refractivity contribution in [1.29, 1.82) is 0 Å². The van der Waals surface area contributed by atoms with E-state index >= 15 is 0 Å². The maximum atomic E-state index is 13.5. The molecule has 32 heavy (non-hydrogen) atoms. The minimum absolute atomic E-state index is 0.143. The summed E-state index contributed by atoms with van der Waals surface area (Å²) in [6.45, 7) is 9.69. The molecule has 0 fully saturated rings. The zero-order valence-corrected chi connectivity index (χ0v) is 19.2. The second-order valence-corrected chi connectivity index (χ2v) is 8.23. The van der Waals surface area contributed by atoms with Crippen LogP contribution in [-0.2, 0) is 0 Å². The molecular formula is C26H30N2O4. The minimum atomic E-state index is -0.447. The van der Waals surface area contributed by atoms with Crippen LogP contribution in [0.5, 0.6) is 5.75 Å². The van der Waals surface area contributed by atoms with E-state index in [1.54, 1.807) is 30.2 Å². The third-order valence-electron chi connectivity index (χ3n) is 6.34. The fourth-order valence-corrected chi connectivity index (χ4v) is 4.46. The predicted molar refractivity (Wildman–Crippen MR) is 125 cm³/mol. The Bertz CT molecular complexity index is 1180. The summed E-state index contributed by atoms with van der Waals surface area (Å²) in [5.74, 6) is 0.494. The normalized spacial score (nSPS) is 15.6. The van der Waals surface area contributed by atoms with Gasteiger partial charge in [-0.25, -0.2) is 0 Å². The van der Waals surface area contributed by atoms with Crippen LogP contribution in [0.3, 0.4) is 0 Å². The number of amides is 1. The fourth-order valence-electron chi connectivity index (χ4n) is 4.46. The van der Waals surface area contributed by atoms with Gasteiger partial charge in [-0.05, 0) is 50.7 Å². The SMILES string of the molecule is CCN(CC)CCCN1C(=O)c2oc3cc(OC)ccc3c(=O)c2C1c1ccc(C)cc1. The molecule has 0 aliphatic carbocycles. The third kappa shape index (κ3) is 3.91. The van der Waals surface area contributed by atoms with Gasteiger partial charge in [0.1, 0.15) is 11.3 Å². The Morgan fingerprint density at radius 1 is 1.06 bits per heavy atom. The smallest absolute Gasteiger partial charge is 0.290 e. The molecule has 4 rings (SSSR count). The van der Waals surface area contributed by atoms with Crippen LogP contribution in [0.2, 0.25) is 0 Å². The molecular weight excluding hydrogens is 404 g/mol. The van der Waals surface area contributed by atoms with Crippen molar-refractivity contribution in [2.45, 2.75) is 33.2 Å². The van der Waals surface area contributed by atoms with Crippen molar-refractivity contribution in [1.82, 2.24) is 9.80 Å². The predicted octanol–water partition coefficient (Wildman–Crippen LogP) is 4.39. The topological polar surface area (TPSA) is 63.0 Å². The Morgan fingerprint density at radius 2 is 1.78 bits per heavy atom. The highest BCUT2D eigenvalue weighted by Crippen LogP contribution is 2.38. The highest BCUT2D eigenvalue weighted by Gasteiger charge is 2.42. The fraction of sp³-hybridized carbons (Fsp3) is 0.385. The van der Waals surface area contributed by atoms with Crippen molar-refractivity contribution < 1.29 is 13.9 Å². The quantitative estimate of drug-likeness (QED) is 0.526. The molecule has 3 aromatic rings. The number of nitrogens with zero attached hydrogens (tertiary/aromatic N) is 2. The summed E-state index contributed by atoms with van der Waals surface area (Å²) >= 11 is 0. The highest BCUT2D eigenvalue weighted by atomic mass is 16.5. The monoisotopic (exact) mass is 434 g/mol. The van der Waals surface area contributed by atoms with Crippen LogP contribution in [0.25, 0.3) is 11.0 Å². The maximum absolute atomic E-state index is 13.5. The zero-order chi connectivity index (χ0) is 22.8. The zero-order valence-electron chi connectivity index (χ0n) is 19.2. The van der Waals surface area contributed by atoms with Gasteiger partial charge in [-0.3, -0.25) is 9.59 Å². The summed E-state index contributed by atoms with van der Waals surface area (Å²) in [5.41, 5.74) is 2.69. The average molecular weight is 435 g/mol. The molecule has 0 bridgehead atoms. The molecule has 0 saturated carbocycles. The van der Waals surface area contributed by atoms with Crippen LogP contribution in [0, 0.1) is 6.92 Å². The third-order valence-corrected chi connectivity index (χ3v) is 6.34. The number of hydrogen-bond donors (Lipinski definition) is 0. The van der Waals surface area contributed by atoms with Crippen LogP contribution < -0.4 is 10.2 Å². The van der Waals surface area contributed by atoms with Crippen LogP contribution in [0.1, 0.15) is 53.6 Å². The second kappa shape index (κ2) is 9.17. The summed E-state index contributed by atoms with van der Waals surface area (Å²) in [5, 5.41) is 0.458. The molecule has 1 aliphatic rings. The van der Waals surface area contributed by atoms with Gasteiger partial charge < -0.3 is 19.0 Å². The molecule has 1 aliphatic heterocycles. The first-order valence-electron chi connectivity index (χ1n) is 11.2. The molecule has 1 unspecified atom stereocenters. The highest BCUT2D eigenvalue weighted by molar-refractivity contribution is 5.99. The van der Waals surface area contributed by atoms with Crippen molar-refractivity contribution in [3.8, 4) is 5.75 Å². The number of aryl methyl sites for hydroxylation is 1. The lowest BCUT2D eigenvalue weighted by Gasteiger charge is -2.26. The van der Waals surface area contributed by atoms with Gasteiger partial charge in [0.2, 0.25) is 5.76 Å². The maximum Gasteiger partial charge on any atom is 0.290 e. The van der Waals surface area contributed by atoms with E-state index in [-0.39, 0.29) is 17.1 Å². The molecule has 0 radical (unpaired) electrons. The number of carbonyl (C=O) groups is 1. The number of methoxy groups -OCH3 is 1. The molecule has 0 spiro atoms. The lowest BCUT2D eigenvalue weighted by Crippen LogP contribution is -2.33. The van der Waals surface area contributed by atoms with Gasteiger partial charge in [-0.15, -0.1) is 0 Å². The van der Waals surface area contributed by atoms with E-state index in [0.717, 1.165) is 37.2 Å². The number of hydrogen-bond acceptors (Lipinski definition) is 5. The Kier molecular flexibility index (Phi) is 6.33. The molecule has 6 heteroatoms. The number of ether oxygens (including phenoxy) is 1.